The summed E-state index contributed by atoms with van der Waals surface area (Å²) in [5.74, 6) is 0.934. The molecular weight excluding hydrogens is 422 g/mol. The zero-order valence-corrected chi connectivity index (χ0v) is 17.3. The molecule has 1 amide bonds. The molecule has 2 aromatic carbocycles. The lowest BCUT2D eigenvalue weighted by atomic mass is 10.2. The van der Waals surface area contributed by atoms with Crippen LogP contribution in [0, 0.1) is 0 Å². The molecule has 10 heteroatoms. The van der Waals surface area contributed by atoms with Gasteiger partial charge >= 0.3 is 0 Å². The minimum atomic E-state index is -3.90. The van der Waals surface area contributed by atoms with Crippen molar-refractivity contribution in [2.24, 2.45) is 4.99 Å². The van der Waals surface area contributed by atoms with Gasteiger partial charge in [-0.15, -0.1) is 0 Å². The number of benzene rings is 2. The van der Waals surface area contributed by atoms with E-state index in [2.05, 4.69) is 15.0 Å². The maximum atomic E-state index is 12.7. The van der Waals surface area contributed by atoms with E-state index in [1.54, 1.807) is 24.3 Å². The molecule has 1 aliphatic heterocycles. The summed E-state index contributed by atoms with van der Waals surface area (Å²) in [5.41, 5.74) is 0.438. The number of thioether (sulfide) groups is 1. The fraction of sp³-hybridized carbons (Fsp3) is 0.222. The third-order valence-corrected chi connectivity index (χ3v) is 6.32. The van der Waals surface area contributed by atoms with Crippen molar-refractivity contribution in [2.45, 2.75) is 11.8 Å². The Balaban J connectivity index is 1.80. The third kappa shape index (κ3) is 4.98. The summed E-state index contributed by atoms with van der Waals surface area (Å²) >= 11 is 7.52. The van der Waals surface area contributed by atoms with Gasteiger partial charge in [-0.05, 0) is 49.4 Å². The lowest BCUT2D eigenvalue weighted by Crippen LogP contribution is -2.28. The minimum absolute atomic E-state index is 0.0615. The summed E-state index contributed by atoms with van der Waals surface area (Å²) in [4.78, 5) is 16.5. The number of hydrogen-bond acceptors (Lipinski definition) is 6. The number of nitrogens with one attached hydrogen (secondary N) is 2. The first kappa shape index (κ1) is 20.5. The van der Waals surface area contributed by atoms with Crippen molar-refractivity contribution in [3.05, 3.63) is 53.1 Å². The Morgan fingerprint density at radius 2 is 2.00 bits per heavy atom. The average molecular weight is 440 g/mol. The first-order valence-electron chi connectivity index (χ1n) is 8.43. The van der Waals surface area contributed by atoms with E-state index < -0.39 is 15.9 Å². The quantitative estimate of drug-likeness (QED) is 0.719. The van der Waals surface area contributed by atoms with Crippen LogP contribution >= 0.6 is 23.4 Å². The topological polar surface area (TPSA) is 96.9 Å². The van der Waals surface area contributed by atoms with E-state index in [1.165, 1.54) is 30.0 Å². The molecule has 2 aromatic rings. The van der Waals surface area contributed by atoms with Crippen LogP contribution in [0.15, 0.2) is 52.4 Å². The van der Waals surface area contributed by atoms with Crippen molar-refractivity contribution in [2.75, 3.05) is 23.6 Å². The number of rotatable bonds is 6. The van der Waals surface area contributed by atoms with Gasteiger partial charge < -0.3 is 10.1 Å². The minimum Gasteiger partial charge on any atom is -0.494 e. The van der Waals surface area contributed by atoms with Gasteiger partial charge in [0.15, 0.2) is 5.17 Å². The van der Waals surface area contributed by atoms with Crippen molar-refractivity contribution in [1.82, 2.24) is 5.32 Å². The van der Waals surface area contributed by atoms with Crippen LogP contribution in [0.5, 0.6) is 5.75 Å². The van der Waals surface area contributed by atoms with Crippen molar-refractivity contribution in [1.29, 1.82) is 0 Å². The van der Waals surface area contributed by atoms with Gasteiger partial charge in [-0.3, -0.25) is 14.5 Å². The number of hydrogen-bond donors (Lipinski definition) is 2. The van der Waals surface area contributed by atoms with Crippen LogP contribution in [0.1, 0.15) is 17.3 Å². The highest BCUT2D eigenvalue weighted by Gasteiger charge is 2.20. The molecule has 0 saturated carbocycles. The monoisotopic (exact) mass is 439 g/mol. The number of anilines is 1. The Morgan fingerprint density at radius 1 is 1.25 bits per heavy atom. The van der Waals surface area contributed by atoms with E-state index in [0.717, 1.165) is 5.75 Å². The normalized spacial score (nSPS) is 13.7. The Morgan fingerprint density at radius 3 is 2.64 bits per heavy atom. The van der Waals surface area contributed by atoms with Gasteiger partial charge in [0.05, 0.1) is 28.6 Å². The number of aliphatic imine (C=N–C) groups is 1. The molecule has 1 aliphatic rings. The number of amides is 1. The van der Waals surface area contributed by atoms with E-state index >= 15 is 0 Å². The molecule has 1 heterocycles. The number of nitrogens with zero attached hydrogens (tertiary/aromatic N) is 1. The summed E-state index contributed by atoms with van der Waals surface area (Å²) < 4.78 is 33.2. The molecule has 7 nitrogen and oxygen atoms in total. The first-order valence-corrected chi connectivity index (χ1v) is 11.3. The molecular formula is C18H18ClN3O4S2. The molecule has 0 bridgehead atoms. The van der Waals surface area contributed by atoms with Crippen LogP contribution in [-0.2, 0) is 10.0 Å². The number of carbonyl (C=O) groups is 1. The molecule has 0 radical (unpaired) electrons. The van der Waals surface area contributed by atoms with E-state index in [0.29, 0.717) is 29.8 Å². The first-order chi connectivity index (χ1) is 13.4. The summed E-state index contributed by atoms with van der Waals surface area (Å²) in [6.45, 7) is 3.02. The standard InChI is InChI=1S/C18H18ClN3O4S2/c1-2-26-13-5-3-12(4-6-13)22-28(24,25)14-7-8-16(19)15(11-14)17(23)21-18-20-9-10-27-18/h3-8,11,22H,2,9-10H2,1H3,(H,20,21,23). The van der Waals surface area contributed by atoms with E-state index in [9.17, 15) is 13.2 Å². The Kier molecular flexibility index (Phi) is 6.48. The van der Waals surface area contributed by atoms with Gasteiger partial charge in [-0.25, -0.2) is 8.42 Å². The molecule has 148 valence electrons. The molecule has 0 fully saturated rings. The van der Waals surface area contributed by atoms with Crippen molar-refractivity contribution >= 4 is 50.1 Å². The summed E-state index contributed by atoms with van der Waals surface area (Å²) in [6, 6.07) is 10.5. The summed E-state index contributed by atoms with van der Waals surface area (Å²) in [7, 11) is -3.90. The predicted octanol–water partition coefficient (Wildman–Crippen LogP) is 3.37. The smallest absolute Gasteiger partial charge is 0.261 e. The fourth-order valence-corrected chi connectivity index (χ4v) is 4.43. The molecule has 0 atom stereocenters. The van der Waals surface area contributed by atoms with Crippen molar-refractivity contribution < 1.29 is 17.9 Å². The molecule has 0 unspecified atom stereocenters. The second-order valence-electron chi connectivity index (χ2n) is 5.69. The second kappa shape index (κ2) is 8.85. The Hall–Kier alpha value is -2.23. The van der Waals surface area contributed by atoms with Gasteiger partial charge in [-0.1, -0.05) is 23.4 Å². The van der Waals surface area contributed by atoms with E-state index in [1.807, 2.05) is 6.92 Å². The molecule has 0 spiro atoms. The van der Waals surface area contributed by atoms with Crippen LogP contribution in [0.25, 0.3) is 0 Å². The van der Waals surface area contributed by atoms with Crippen LogP contribution in [0.3, 0.4) is 0 Å². The average Bonchev–Trinajstić information content (AvgIpc) is 3.16. The highest BCUT2D eigenvalue weighted by molar-refractivity contribution is 8.14. The molecule has 28 heavy (non-hydrogen) atoms. The zero-order chi connectivity index (χ0) is 20.1. The SMILES string of the molecule is CCOc1ccc(NS(=O)(=O)c2ccc(Cl)c(C(=O)NC3=NCCS3)c2)cc1. The number of carbonyl (C=O) groups excluding carboxylic acids is 1. The van der Waals surface area contributed by atoms with Gasteiger partial charge in [0, 0.05) is 11.4 Å². The number of halogens is 1. The van der Waals surface area contributed by atoms with E-state index in [4.69, 9.17) is 16.3 Å². The number of amidine groups is 1. The maximum absolute atomic E-state index is 12.7. The number of ether oxygens (including phenoxy) is 1. The van der Waals surface area contributed by atoms with Crippen molar-refractivity contribution in [3.63, 3.8) is 0 Å². The lowest BCUT2D eigenvalue weighted by Gasteiger charge is -2.11. The highest BCUT2D eigenvalue weighted by atomic mass is 35.5. The van der Waals surface area contributed by atoms with Gasteiger partial charge in [0.1, 0.15) is 5.75 Å². The van der Waals surface area contributed by atoms with Gasteiger partial charge in [0.25, 0.3) is 15.9 Å². The third-order valence-electron chi connectivity index (χ3n) is 3.72. The molecule has 0 aromatic heterocycles. The summed E-state index contributed by atoms with van der Waals surface area (Å²) in [5, 5.41) is 3.30. The van der Waals surface area contributed by atoms with Gasteiger partial charge in [-0.2, -0.15) is 0 Å². The molecule has 0 saturated heterocycles. The highest BCUT2D eigenvalue weighted by Crippen LogP contribution is 2.24. The zero-order valence-electron chi connectivity index (χ0n) is 14.9. The summed E-state index contributed by atoms with van der Waals surface area (Å²) in [6.07, 6.45) is 0. The maximum Gasteiger partial charge on any atom is 0.261 e. The Labute approximate surface area is 172 Å². The van der Waals surface area contributed by atoms with E-state index in [-0.39, 0.29) is 15.5 Å². The van der Waals surface area contributed by atoms with Crippen LogP contribution < -0.4 is 14.8 Å². The lowest BCUT2D eigenvalue weighted by molar-refractivity contribution is 0.0978. The Bertz CT molecular complexity index is 1010. The van der Waals surface area contributed by atoms with Gasteiger partial charge in [0.2, 0.25) is 0 Å². The van der Waals surface area contributed by atoms with Crippen LogP contribution in [-0.4, -0.2) is 38.4 Å². The second-order valence-corrected chi connectivity index (χ2v) is 8.87. The molecule has 3 rings (SSSR count). The van der Waals surface area contributed by atoms with Crippen molar-refractivity contribution in [3.8, 4) is 5.75 Å². The molecule has 2 N–H and O–H groups in total. The predicted molar refractivity (Wildman–Crippen MR) is 112 cm³/mol. The largest absolute Gasteiger partial charge is 0.494 e. The van der Waals surface area contributed by atoms with Crippen LogP contribution in [0.2, 0.25) is 5.02 Å². The van der Waals surface area contributed by atoms with Crippen LogP contribution in [0.4, 0.5) is 5.69 Å². The number of sulfonamides is 1. The fourth-order valence-electron chi connectivity index (χ4n) is 2.42. The molecule has 0 aliphatic carbocycles.